The number of esters is 1. The van der Waals surface area contributed by atoms with Gasteiger partial charge in [0.25, 0.3) is 0 Å². The largest absolute Gasteiger partial charge is 0.507 e. The van der Waals surface area contributed by atoms with Crippen molar-refractivity contribution >= 4 is 5.97 Å². The Morgan fingerprint density at radius 2 is 1.71 bits per heavy atom. The number of phenols is 1. The number of carbonyl (C=O) groups excluding carboxylic acids is 1. The molecule has 4 heteroatoms. The van der Waals surface area contributed by atoms with E-state index < -0.39 is 12.3 Å². The van der Waals surface area contributed by atoms with Crippen LogP contribution in [0.5, 0.6) is 5.75 Å². The Kier molecular flexibility index (Phi) is 6.71. The highest BCUT2D eigenvalue weighted by atomic mass is 16.6. The third-order valence-electron chi connectivity index (χ3n) is 2.44. The molecule has 0 saturated heterocycles. The number of aliphatic hydroxyl groups is 1. The molecule has 2 N–H and O–H groups in total. The molecule has 1 atom stereocenters. The van der Waals surface area contributed by atoms with E-state index in [4.69, 9.17) is 5.11 Å². The van der Waals surface area contributed by atoms with Crippen molar-refractivity contribution in [2.24, 2.45) is 0 Å². The van der Waals surface area contributed by atoms with Gasteiger partial charge >= 0.3 is 5.97 Å². The number of phenolic OH excluding ortho intramolecular Hbond substituents is 1. The van der Waals surface area contributed by atoms with Crippen LogP contribution < -0.4 is 0 Å². The lowest BCUT2D eigenvalue weighted by Gasteiger charge is -2.02. The summed E-state index contributed by atoms with van der Waals surface area (Å²) in [5, 5.41) is 17.9. The predicted molar refractivity (Wildman–Crippen MR) is 81.5 cm³/mol. The number of carbonyl (C=O) groups is 1. The van der Waals surface area contributed by atoms with Gasteiger partial charge in [0, 0.05) is 11.6 Å². The average molecular weight is 286 g/mol. The van der Waals surface area contributed by atoms with Crippen LogP contribution in [0.1, 0.15) is 6.92 Å². The minimum Gasteiger partial charge on any atom is -0.507 e. The van der Waals surface area contributed by atoms with Crippen molar-refractivity contribution in [2.45, 2.75) is 13.2 Å². The average Bonchev–Trinajstić information content (AvgIpc) is 2.48. The van der Waals surface area contributed by atoms with Gasteiger partial charge in [-0.2, -0.15) is 0 Å². The lowest BCUT2D eigenvalue weighted by molar-refractivity contribution is -0.158. The molecule has 1 unspecified atom stereocenters. The van der Waals surface area contributed by atoms with Gasteiger partial charge in [0.05, 0.1) is 0 Å². The van der Waals surface area contributed by atoms with Gasteiger partial charge in [-0.15, -0.1) is 0 Å². The second-order valence-electron chi connectivity index (χ2n) is 4.12. The van der Waals surface area contributed by atoms with Crippen LogP contribution in [0, 0.1) is 0 Å². The van der Waals surface area contributed by atoms with Crippen molar-refractivity contribution in [1.82, 2.24) is 0 Å². The lowest BCUT2D eigenvalue weighted by Crippen LogP contribution is -2.10. The Morgan fingerprint density at radius 3 is 2.19 bits per heavy atom. The monoisotopic (exact) mass is 286 g/mol. The minimum atomic E-state index is -1.04. The SMILES string of the molecule is C=CC(=O)OC(C)O.Oc1ccccc1-c1ccccc1. The molecule has 0 aromatic heterocycles. The van der Waals surface area contributed by atoms with E-state index >= 15 is 0 Å². The summed E-state index contributed by atoms with van der Waals surface area (Å²) in [5.41, 5.74) is 1.92. The molecule has 0 heterocycles. The van der Waals surface area contributed by atoms with Crippen LogP contribution in [-0.4, -0.2) is 22.5 Å². The summed E-state index contributed by atoms with van der Waals surface area (Å²) in [7, 11) is 0. The summed E-state index contributed by atoms with van der Waals surface area (Å²) < 4.78 is 4.20. The second-order valence-corrected chi connectivity index (χ2v) is 4.12. The van der Waals surface area contributed by atoms with E-state index in [1.807, 2.05) is 48.5 Å². The fourth-order valence-electron chi connectivity index (χ4n) is 1.55. The van der Waals surface area contributed by atoms with Crippen LogP contribution >= 0.6 is 0 Å². The maximum absolute atomic E-state index is 10.1. The fourth-order valence-corrected chi connectivity index (χ4v) is 1.55. The van der Waals surface area contributed by atoms with Gasteiger partial charge in [0.15, 0.2) is 6.29 Å². The molecule has 0 radical (unpaired) electrons. The van der Waals surface area contributed by atoms with Gasteiger partial charge in [-0.1, -0.05) is 55.1 Å². The molecular formula is C17H18O4. The van der Waals surface area contributed by atoms with Crippen LogP contribution in [0.4, 0.5) is 0 Å². The Hall–Kier alpha value is -2.59. The van der Waals surface area contributed by atoms with E-state index in [0.717, 1.165) is 17.2 Å². The predicted octanol–water partition coefficient (Wildman–Crippen LogP) is 3.11. The fraction of sp³-hybridized carbons (Fsp3) is 0.118. The molecule has 0 aliphatic heterocycles. The van der Waals surface area contributed by atoms with Gasteiger partial charge in [-0.25, -0.2) is 4.79 Å². The Bertz CT molecular complexity index is 576. The molecule has 21 heavy (non-hydrogen) atoms. The van der Waals surface area contributed by atoms with E-state index in [2.05, 4.69) is 11.3 Å². The van der Waals surface area contributed by atoms with Crippen LogP contribution in [0.3, 0.4) is 0 Å². The first-order valence-corrected chi connectivity index (χ1v) is 6.39. The van der Waals surface area contributed by atoms with E-state index in [1.54, 1.807) is 6.07 Å². The van der Waals surface area contributed by atoms with Crippen molar-refractivity contribution < 1.29 is 19.7 Å². The molecule has 0 aliphatic rings. The van der Waals surface area contributed by atoms with Gasteiger partial charge in [-0.05, 0) is 18.6 Å². The minimum absolute atomic E-state index is 0.328. The summed E-state index contributed by atoms with van der Waals surface area (Å²) in [6.07, 6.45) is -0.0484. The number of hydrogen-bond acceptors (Lipinski definition) is 4. The molecule has 0 bridgehead atoms. The van der Waals surface area contributed by atoms with Crippen LogP contribution in [0.2, 0.25) is 0 Å². The van der Waals surface area contributed by atoms with Gasteiger partial charge in [0.1, 0.15) is 5.75 Å². The first-order chi connectivity index (χ1) is 10.0. The number of benzene rings is 2. The summed E-state index contributed by atoms with van der Waals surface area (Å²) in [5.74, 6) is -0.284. The number of ether oxygens (including phenoxy) is 1. The van der Waals surface area contributed by atoms with Crippen molar-refractivity contribution in [3.05, 3.63) is 67.3 Å². The molecule has 0 aliphatic carbocycles. The molecule has 110 valence electrons. The number of hydrogen-bond donors (Lipinski definition) is 2. The zero-order chi connectivity index (χ0) is 15.7. The van der Waals surface area contributed by atoms with Gasteiger partial charge in [-0.3, -0.25) is 0 Å². The molecule has 4 nitrogen and oxygen atoms in total. The number of aromatic hydroxyl groups is 1. The molecule has 2 aromatic carbocycles. The molecule has 0 saturated carbocycles. The first-order valence-electron chi connectivity index (χ1n) is 6.39. The van der Waals surface area contributed by atoms with Crippen molar-refractivity contribution in [3.63, 3.8) is 0 Å². The first kappa shape index (κ1) is 16.5. The number of aliphatic hydroxyl groups excluding tert-OH is 1. The van der Waals surface area contributed by atoms with Crippen LogP contribution in [0.25, 0.3) is 11.1 Å². The molecule has 2 rings (SSSR count). The maximum Gasteiger partial charge on any atom is 0.332 e. The maximum atomic E-state index is 10.1. The van der Waals surface area contributed by atoms with E-state index in [-0.39, 0.29) is 0 Å². The molecule has 0 fully saturated rings. The molecular weight excluding hydrogens is 268 g/mol. The smallest absolute Gasteiger partial charge is 0.332 e. The molecule has 0 amide bonds. The second kappa shape index (κ2) is 8.55. The summed E-state index contributed by atoms with van der Waals surface area (Å²) >= 11 is 0. The topological polar surface area (TPSA) is 66.8 Å². The number of rotatable bonds is 3. The van der Waals surface area contributed by atoms with E-state index in [0.29, 0.717) is 5.75 Å². The Labute approximate surface area is 123 Å². The Balaban J connectivity index is 0.000000240. The van der Waals surface area contributed by atoms with Crippen molar-refractivity contribution in [2.75, 3.05) is 0 Å². The highest BCUT2D eigenvalue weighted by Crippen LogP contribution is 2.27. The highest BCUT2D eigenvalue weighted by molar-refractivity contribution is 5.81. The zero-order valence-corrected chi connectivity index (χ0v) is 11.8. The molecule has 2 aromatic rings. The van der Waals surface area contributed by atoms with E-state index in [1.165, 1.54) is 6.92 Å². The van der Waals surface area contributed by atoms with Gasteiger partial charge < -0.3 is 14.9 Å². The summed E-state index contributed by atoms with van der Waals surface area (Å²) in [6, 6.07) is 17.2. The van der Waals surface area contributed by atoms with Crippen molar-refractivity contribution in [3.8, 4) is 16.9 Å². The summed E-state index contributed by atoms with van der Waals surface area (Å²) in [6.45, 7) is 4.48. The number of para-hydroxylation sites is 1. The standard InChI is InChI=1S/C12H10O.C5H8O3/c13-12-9-5-4-8-11(12)10-6-2-1-3-7-10;1-3-5(7)8-4(2)6/h1-9,13H;3-4,6H,1H2,2H3. The Morgan fingerprint density at radius 1 is 1.14 bits per heavy atom. The third kappa shape index (κ3) is 5.93. The summed E-state index contributed by atoms with van der Waals surface area (Å²) in [4.78, 5) is 10.1. The van der Waals surface area contributed by atoms with Crippen LogP contribution in [0.15, 0.2) is 67.3 Å². The normalized spacial score (nSPS) is 10.8. The third-order valence-corrected chi connectivity index (χ3v) is 2.44. The van der Waals surface area contributed by atoms with E-state index in [9.17, 15) is 9.90 Å². The zero-order valence-electron chi connectivity index (χ0n) is 11.8. The highest BCUT2D eigenvalue weighted by Gasteiger charge is 2.00. The lowest BCUT2D eigenvalue weighted by atomic mass is 10.1. The van der Waals surface area contributed by atoms with Gasteiger partial charge in [0.2, 0.25) is 0 Å². The molecule has 0 spiro atoms. The van der Waals surface area contributed by atoms with Crippen molar-refractivity contribution in [1.29, 1.82) is 0 Å². The quantitative estimate of drug-likeness (QED) is 0.517. The van der Waals surface area contributed by atoms with Crippen LogP contribution in [-0.2, 0) is 9.53 Å².